The third-order valence-corrected chi connectivity index (χ3v) is 4.13. The lowest BCUT2D eigenvalue weighted by molar-refractivity contribution is 0.318. The lowest BCUT2D eigenvalue weighted by Gasteiger charge is -2.29. The van der Waals surface area contributed by atoms with Gasteiger partial charge in [0, 0.05) is 17.8 Å². The maximum Gasteiger partial charge on any atom is 0.129 e. The summed E-state index contributed by atoms with van der Waals surface area (Å²) in [6.07, 6.45) is 11.9. The van der Waals surface area contributed by atoms with Gasteiger partial charge in [-0.3, -0.25) is 0 Å². The second-order valence-corrected chi connectivity index (χ2v) is 5.80. The van der Waals surface area contributed by atoms with E-state index in [-0.39, 0.29) is 0 Å². The molecular formula is C16H27N3. The first kappa shape index (κ1) is 14.3. The zero-order valence-corrected chi connectivity index (χ0v) is 12.4. The Labute approximate surface area is 117 Å². The molecule has 1 saturated carbocycles. The summed E-state index contributed by atoms with van der Waals surface area (Å²) in [6.45, 7) is 4.48. The van der Waals surface area contributed by atoms with Gasteiger partial charge < -0.3 is 5.32 Å². The topological polar surface area (TPSA) is 37.8 Å². The van der Waals surface area contributed by atoms with Gasteiger partial charge in [-0.15, -0.1) is 0 Å². The van der Waals surface area contributed by atoms with Crippen molar-refractivity contribution in [1.29, 1.82) is 0 Å². The van der Waals surface area contributed by atoms with Gasteiger partial charge in [0.2, 0.25) is 0 Å². The molecule has 0 aliphatic heterocycles. The molecule has 0 bridgehead atoms. The van der Waals surface area contributed by atoms with Gasteiger partial charge in [-0.1, -0.05) is 33.1 Å². The van der Waals surface area contributed by atoms with Crippen LogP contribution in [0.2, 0.25) is 0 Å². The SMILES string of the molecule is CCCc1cc(NC2CCC(CCC)CC2)ncn1. The summed E-state index contributed by atoms with van der Waals surface area (Å²) in [5, 5.41) is 3.59. The molecule has 1 N–H and O–H groups in total. The molecule has 0 saturated heterocycles. The van der Waals surface area contributed by atoms with E-state index < -0.39 is 0 Å². The second-order valence-electron chi connectivity index (χ2n) is 5.80. The van der Waals surface area contributed by atoms with Crippen molar-refractivity contribution in [1.82, 2.24) is 9.97 Å². The van der Waals surface area contributed by atoms with Gasteiger partial charge in [-0.25, -0.2) is 9.97 Å². The van der Waals surface area contributed by atoms with Crippen molar-refractivity contribution in [3.63, 3.8) is 0 Å². The lowest BCUT2D eigenvalue weighted by Crippen LogP contribution is -2.26. The van der Waals surface area contributed by atoms with Gasteiger partial charge in [-0.2, -0.15) is 0 Å². The van der Waals surface area contributed by atoms with E-state index in [0.29, 0.717) is 6.04 Å². The second kappa shape index (κ2) is 7.46. The molecule has 1 aliphatic carbocycles. The predicted octanol–water partition coefficient (Wildman–Crippen LogP) is 4.20. The van der Waals surface area contributed by atoms with Crippen LogP contribution in [0.4, 0.5) is 5.82 Å². The first-order valence-corrected chi connectivity index (χ1v) is 7.89. The number of aryl methyl sites for hydroxylation is 1. The summed E-state index contributed by atoms with van der Waals surface area (Å²) in [5.41, 5.74) is 1.15. The molecule has 19 heavy (non-hydrogen) atoms. The zero-order chi connectivity index (χ0) is 13.5. The number of aromatic nitrogens is 2. The minimum Gasteiger partial charge on any atom is -0.367 e. The molecule has 0 amide bonds. The highest BCUT2D eigenvalue weighted by Gasteiger charge is 2.20. The summed E-state index contributed by atoms with van der Waals surface area (Å²) in [6, 6.07) is 2.72. The summed E-state index contributed by atoms with van der Waals surface area (Å²) < 4.78 is 0. The Hall–Kier alpha value is -1.12. The molecule has 3 heteroatoms. The molecule has 1 aromatic rings. The van der Waals surface area contributed by atoms with Crippen LogP contribution >= 0.6 is 0 Å². The minimum absolute atomic E-state index is 0.609. The lowest BCUT2D eigenvalue weighted by atomic mass is 9.83. The highest BCUT2D eigenvalue weighted by atomic mass is 15.0. The summed E-state index contributed by atoms with van der Waals surface area (Å²) in [7, 11) is 0. The van der Waals surface area contributed by atoms with Crippen LogP contribution in [0, 0.1) is 5.92 Å². The molecule has 0 radical (unpaired) electrons. The van der Waals surface area contributed by atoms with Crippen LogP contribution in [-0.4, -0.2) is 16.0 Å². The minimum atomic E-state index is 0.609. The van der Waals surface area contributed by atoms with E-state index in [0.717, 1.165) is 30.3 Å². The maximum absolute atomic E-state index is 4.35. The predicted molar refractivity (Wildman–Crippen MR) is 80.3 cm³/mol. The van der Waals surface area contributed by atoms with Crippen LogP contribution in [0.15, 0.2) is 12.4 Å². The smallest absolute Gasteiger partial charge is 0.129 e. The Bertz CT molecular complexity index is 370. The molecule has 2 rings (SSSR count). The Morgan fingerprint density at radius 1 is 1.11 bits per heavy atom. The number of nitrogens with one attached hydrogen (secondary N) is 1. The van der Waals surface area contributed by atoms with Crippen LogP contribution < -0.4 is 5.32 Å². The number of anilines is 1. The standard InChI is InChI=1S/C16H27N3/c1-3-5-13-7-9-14(10-8-13)19-16-11-15(6-4-2)17-12-18-16/h11-14H,3-10H2,1-2H3,(H,17,18,19). The average molecular weight is 261 g/mol. The Balaban J connectivity index is 1.83. The van der Waals surface area contributed by atoms with Crippen molar-refractivity contribution in [3.05, 3.63) is 18.1 Å². The fourth-order valence-corrected chi connectivity index (χ4v) is 3.08. The van der Waals surface area contributed by atoms with E-state index in [1.165, 1.54) is 38.5 Å². The van der Waals surface area contributed by atoms with E-state index in [1.54, 1.807) is 6.33 Å². The van der Waals surface area contributed by atoms with E-state index in [2.05, 4.69) is 35.2 Å². The first-order chi connectivity index (χ1) is 9.31. The molecular weight excluding hydrogens is 234 g/mol. The van der Waals surface area contributed by atoms with Gasteiger partial charge in [0.05, 0.1) is 0 Å². The molecule has 0 atom stereocenters. The molecule has 1 fully saturated rings. The highest BCUT2D eigenvalue weighted by Crippen LogP contribution is 2.29. The first-order valence-electron chi connectivity index (χ1n) is 7.89. The normalized spacial score (nSPS) is 23.3. The Kier molecular flexibility index (Phi) is 5.62. The number of hydrogen-bond donors (Lipinski definition) is 1. The van der Waals surface area contributed by atoms with Crippen LogP contribution in [0.1, 0.15) is 64.5 Å². The van der Waals surface area contributed by atoms with E-state index in [4.69, 9.17) is 0 Å². The van der Waals surface area contributed by atoms with Gasteiger partial charge >= 0.3 is 0 Å². The number of rotatable bonds is 6. The largest absolute Gasteiger partial charge is 0.367 e. The van der Waals surface area contributed by atoms with E-state index in [9.17, 15) is 0 Å². The molecule has 1 aromatic heterocycles. The van der Waals surface area contributed by atoms with Crippen LogP contribution in [0.3, 0.4) is 0 Å². The number of hydrogen-bond acceptors (Lipinski definition) is 3. The maximum atomic E-state index is 4.35. The Morgan fingerprint density at radius 3 is 2.58 bits per heavy atom. The van der Waals surface area contributed by atoms with Crippen LogP contribution in [-0.2, 0) is 6.42 Å². The van der Waals surface area contributed by atoms with Gasteiger partial charge in [-0.05, 0) is 38.0 Å². The Morgan fingerprint density at radius 2 is 1.89 bits per heavy atom. The monoisotopic (exact) mass is 261 g/mol. The van der Waals surface area contributed by atoms with Gasteiger partial charge in [0.15, 0.2) is 0 Å². The van der Waals surface area contributed by atoms with Crippen molar-refractivity contribution in [3.8, 4) is 0 Å². The molecule has 3 nitrogen and oxygen atoms in total. The van der Waals surface area contributed by atoms with E-state index in [1.807, 2.05) is 0 Å². The molecule has 1 heterocycles. The quantitative estimate of drug-likeness (QED) is 0.834. The molecule has 0 aromatic carbocycles. The van der Waals surface area contributed by atoms with Crippen molar-refractivity contribution in [2.45, 2.75) is 71.3 Å². The summed E-state index contributed by atoms with van der Waals surface area (Å²) in [5.74, 6) is 1.97. The molecule has 0 spiro atoms. The zero-order valence-electron chi connectivity index (χ0n) is 12.4. The fraction of sp³-hybridized carbons (Fsp3) is 0.750. The van der Waals surface area contributed by atoms with Crippen molar-refractivity contribution >= 4 is 5.82 Å². The fourth-order valence-electron chi connectivity index (χ4n) is 3.08. The van der Waals surface area contributed by atoms with E-state index >= 15 is 0 Å². The third-order valence-electron chi connectivity index (χ3n) is 4.13. The van der Waals surface area contributed by atoms with Crippen molar-refractivity contribution in [2.75, 3.05) is 5.32 Å². The molecule has 0 unspecified atom stereocenters. The summed E-state index contributed by atoms with van der Waals surface area (Å²) >= 11 is 0. The average Bonchev–Trinajstić information content (AvgIpc) is 2.42. The molecule has 106 valence electrons. The van der Waals surface area contributed by atoms with Crippen molar-refractivity contribution in [2.24, 2.45) is 5.92 Å². The van der Waals surface area contributed by atoms with Crippen molar-refractivity contribution < 1.29 is 0 Å². The van der Waals surface area contributed by atoms with Crippen LogP contribution in [0.25, 0.3) is 0 Å². The number of nitrogens with zero attached hydrogens (tertiary/aromatic N) is 2. The molecule has 1 aliphatic rings. The van der Waals surface area contributed by atoms with Gasteiger partial charge in [0.1, 0.15) is 12.1 Å². The van der Waals surface area contributed by atoms with Gasteiger partial charge in [0.25, 0.3) is 0 Å². The summed E-state index contributed by atoms with van der Waals surface area (Å²) in [4.78, 5) is 8.66. The third kappa shape index (κ3) is 4.48. The van der Waals surface area contributed by atoms with Crippen LogP contribution in [0.5, 0.6) is 0 Å². The highest BCUT2D eigenvalue weighted by molar-refractivity contribution is 5.36.